The van der Waals surface area contributed by atoms with Crippen LogP contribution in [0.5, 0.6) is 5.75 Å². The van der Waals surface area contributed by atoms with Gasteiger partial charge in [0.25, 0.3) is 0 Å². The normalized spacial score (nSPS) is 13.8. The summed E-state index contributed by atoms with van der Waals surface area (Å²) in [7, 11) is 0. The van der Waals surface area contributed by atoms with E-state index in [4.69, 9.17) is 4.74 Å². The van der Waals surface area contributed by atoms with Gasteiger partial charge in [0.15, 0.2) is 0 Å². The predicted octanol–water partition coefficient (Wildman–Crippen LogP) is 3.08. The molecule has 1 aromatic carbocycles. The zero-order valence-electron chi connectivity index (χ0n) is 9.55. The average Bonchev–Trinajstić information content (AvgIpc) is 2.65. The maximum atomic E-state index is 5.82. The standard InChI is InChI=1S/C13H19NO/c1-10(2)7-9-15-13-5-3-4-12-11(13)6-8-14-12/h3-5,10,14H,6-9H2,1-2H3. The van der Waals surface area contributed by atoms with E-state index < -0.39 is 0 Å². The third kappa shape index (κ3) is 2.44. The van der Waals surface area contributed by atoms with Gasteiger partial charge in [0.1, 0.15) is 5.75 Å². The molecule has 0 saturated heterocycles. The fourth-order valence-electron chi connectivity index (χ4n) is 1.85. The van der Waals surface area contributed by atoms with E-state index in [0.717, 1.165) is 31.7 Å². The molecule has 0 bridgehead atoms. The number of ether oxygens (including phenoxy) is 1. The Hall–Kier alpha value is -1.18. The number of anilines is 1. The van der Waals surface area contributed by atoms with E-state index in [0.29, 0.717) is 5.92 Å². The van der Waals surface area contributed by atoms with Crippen LogP contribution in [0.25, 0.3) is 0 Å². The van der Waals surface area contributed by atoms with Crippen LogP contribution in [0.2, 0.25) is 0 Å². The maximum absolute atomic E-state index is 5.82. The van der Waals surface area contributed by atoms with Crippen molar-refractivity contribution < 1.29 is 4.74 Å². The number of hydrogen-bond donors (Lipinski definition) is 1. The second-order valence-corrected chi connectivity index (χ2v) is 4.49. The molecule has 15 heavy (non-hydrogen) atoms. The first kappa shape index (κ1) is 10.3. The zero-order valence-corrected chi connectivity index (χ0v) is 9.55. The lowest BCUT2D eigenvalue weighted by Crippen LogP contribution is -2.02. The third-order valence-corrected chi connectivity index (χ3v) is 2.78. The van der Waals surface area contributed by atoms with Gasteiger partial charge in [0.2, 0.25) is 0 Å². The monoisotopic (exact) mass is 205 g/mol. The van der Waals surface area contributed by atoms with Crippen LogP contribution < -0.4 is 10.1 Å². The number of hydrogen-bond acceptors (Lipinski definition) is 2. The molecule has 82 valence electrons. The quantitative estimate of drug-likeness (QED) is 0.815. The van der Waals surface area contributed by atoms with E-state index in [2.05, 4.69) is 37.4 Å². The number of nitrogens with one attached hydrogen (secondary N) is 1. The first-order valence-corrected chi connectivity index (χ1v) is 5.76. The van der Waals surface area contributed by atoms with Crippen LogP contribution in [0.15, 0.2) is 18.2 Å². The third-order valence-electron chi connectivity index (χ3n) is 2.78. The minimum atomic E-state index is 0.708. The first-order valence-electron chi connectivity index (χ1n) is 5.76. The molecule has 0 unspecified atom stereocenters. The molecule has 2 nitrogen and oxygen atoms in total. The van der Waals surface area contributed by atoms with E-state index in [1.54, 1.807) is 0 Å². The average molecular weight is 205 g/mol. The minimum Gasteiger partial charge on any atom is -0.493 e. The predicted molar refractivity (Wildman–Crippen MR) is 63.6 cm³/mol. The molecule has 0 aliphatic carbocycles. The highest BCUT2D eigenvalue weighted by molar-refractivity contribution is 5.61. The van der Waals surface area contributed by atoms with Crippen LogP contribution in [0.1, 0.15) is 25.8 Å². The van der Waals surface area contributed by atoms with Crippen molar-refractivity contribution in [1.29, 1.82) is 0 Å². The van der Waals surface area contributed by atoms with Gasteiger partial charge in [-0.15, -0.1) is 0 Å². The molecular weight excluding hydrogens is 186 g/mol. The summed E-state index contributed by atoms with van der Waals surface area (Å²) in [6.07, 6.45) is 2.21. The lowest BCUT2D eigenvalue weighted by atomic mass is 10.1. The summed E-state index contributed by atoms with van der Waals surface area (Å²) >= 11 is 0. The van der Waals surface area contributed by atoms with E-state index in [1.807, 2.05) is 0 Å². The highest BCUT2D eigenvalue weighted by Crippen LogP contribution is 2.30. The van der Waals surface area contributed by atoms with Gasteiger partial charge in [-0.2, -0.15) is 0 Å². The largest absolute Gasteiger partial charge is 0.493 e. The van der Waals surface area contributed by atoms with Crippen LogP contribution >= 0.6 is 0 Å². The Morgan fingerprint density at radius 3 is 3.07 bits per heavy atom. The fraction of sp³-hybridized carbons (Fsp3) is 0.538. The summed E-state index contributed by atoms with van der Waals surface area (Å²) in [5.41, 5.74) is 2.60. The van der Waals surface area contributed by atoms with Crippen molar-refractivity contribution in [1.82, 2.24) is 0 Å². The molecule has 1 aliphatic heterocycles. The van der Waals surface area contributed by atoms with E-state index in [-0.39, 0.29) is 0 Å². The van der Waals surface area contributed by atoms with Crippen molar-refractivity contribution >= 4 is 5.69 Å². The molecule has 1 heterocycles. The Morgan fingerprint density at radius 2 is 2.27 bits per heavy atom. The molecule has 2 rings (SSSR count). The number of rotatable bonds is 4. The Labute approximate surface area is 91.6 Å². The smallest absolute Gasteiger partial charge is 0.124 e. The molecule has 0 saturated carbocycles. The van der Waals surface area contributed by atoms with Crippen molar-refractivity contribution in [2.75, 3.05) is 18.5 Å². The fourth-order valence-corrected chi connectivity index (χ4v) is 1.85. The van der Waals surface area contributed by atoms with Crippen molar-refractivity contribution in [3.05, 3.63) is 23.8 Å². The zero-order chi connectivity index (χ0) is 10.7. The van der Waals surface area contributed by atoms with Crippen molar-refractivity contribution in [2.45, 2.75) is 26.7 Å². The summed E-state index contributed by atoms with van der Waals surface area (Å²) in [5.74, 6) is 1.78. The molecule has 1 N–H and O–H groups in total. The van der Waals surface area contributed by atoms with Crippen molar-refractivity contribution in [2.24, 2.45) is 5.92 Å². The topological polar surface area (TPSA) is 21.3 Å². The number of benzene rings is 1. The molecule has 0 spiro atoms. The lowest BCUT2D eigenvalue weighted by molar-refractivity contribution is 0.287. The van der Waals surface area contributed by atoms with Gasteiger partial charge in [-0.25, -0.2) is 0 Å². The molecule has 0 amide bonds. The van der Waals surface area contributed by atoms with Gasteiger partial charge in [-0.3, -0.25) is 0 Å². The molecule has 0 atom stereocenters. The van der Waals surface area contributed by atoms with Gasteiger partial charge in [-0.1, -0.05) is 19.9 Å². The van der Waals surface area contributed by atoms with E-state index >= 15 is 0 Å². The summed E-state index contributed by atoms with van der Waals surface area (Å²) in [6.45, 7) is 6.31. The van der Waals surface area contributed by atoms with Gasteiger partial charge >= 0.3 is 0 Å². The molecule has 0 fully saturated rings. The van der Waals surface area contributed by atoms with Crippen molar-refractivity contribution in [3.63, 3.8) is 0 Å². The second kappa shape index (κ2) is 4.56. The van der Waals surface area contributed by atoms with E-state index in [1.165, 1.54) is 11.3 Å². The molecule has 2 heteroatoms. The second-order valence-electron chi connectivity index (χ2n) is 4.49. The highest BCUT2D eigenvalue weighted by atomic mass is 16.5. The van der Waals surface area contributed by atoms with Crippen LogP contribution in [0.4, 0.5) is 5.69 Å². The van der Waals surface area contributed by atoms with Crippen LogP contribution in [-0.4, -0.2) is 13.2 Å². The Bertz CT molecular complexity index is 333. The van der Waals surface area contributed by atoms with Crippen LogP contribution in [-0.2, 0) is 6.42 Å². The molecule has 1 aromatic rings. The van der Waals surface area contributed by atoms with E-state index in [9.17, 15) is 0 Å². The Balaban J connectivity index is 2.00. The summed E-state index contributed by atoms with van der Waals surface area (Å²) in [5, 5.41) is 3.36. The van der Waals surface area contributed by atoms with Crippen LogP contribution in [0, 0.1) is 5.92 Å². The Kier molecular flexibility index (Phi) is 3.14. The molecule has 1 aliphatic rings. The van der Waals surface area contributed by atoms with Crippen molar-refractivity contribution in [3.8, 4) is 5.75 Å². The summed E-state index contributed by atoms with van der Waals surface area (Å²) < 4.78 is 5.82. The van der Waals surface area contributed by atoms with Gasteiger partial charge in [-0.05, 0) is 30.9 Å². The molecule has 0 aromatic heterocycles. The Morgan fingerprint density at radius 1 is 1.40 bits per heavy atom. The lowest BCUT2D eigenvalue weighted by Gasteiger charge is -2.11. The van der Waals surface area contributed by atoms with Gasteiger partial charge in [0.05, 0.1) is 6.61 Å². The summed E-state index contributed by atoms with van der Waals surface area (Å²) in [6, 6.07) is 6.26. The minimum absolute atomic E-state index is 0.708. The molecular formula is C13H19NO. The highest BCUT2D eigenvalue weighted by Gasteiger charge is 2.14. The maximum Gasteiger partial charge on any atom is 0.124 e. The van der Waals surface area contributed by atoms with Crippen LogP contribution in [0.3, 0.4) is 0 Å². The SMILES string of the molecule is CC(C)CCOc1cccc2c1CCN2. The van der Waals surface area contributed by atoms with Gasteiger partial charge < -0.3 is 10.1 Å². The first-order chi connectivity index (χ1) is 7.27. The number of fused-ring (bicyclic) bond motifs is 1. The summed E-state index contributed by atoms with van der Waals surface area (Å²) in [4.78, 5) is 0. The van der Waals surface area contributed by atoms with Gasteiger partial charge in [0, 0.05) is 17.8 Å². The molecule has 0 radical (unpaired) electrons.